The molecular formula is C13H20N2O3. The number of nitrogens with one attached hydrogen (secondary N) is 1. The molecule has 0 fully saturated rings. The van der Waals surface area contributed by atoms with Crippen molar-refractivity contribution in [3.05, 3.63) is 23.8 Å². The van der Waals surface area contributed by atoms with E-state index in [0.29, 0.717) is 37.1 Å². The topological polar surface area (TPSA) is 84.6 Å². The van der Waals surface area contributed by atoms with Crippen molar-refractivity contribution in [2.75, 3.05) is 30.8 Å². The zero-order valence-electron chi connectivity index (χ0n) is 10.8. The lowest BCUT2D eigenvalue weighted by molar-refractivity contribution is 0.0698. The molecule has 0 aromatic heterocycles. The number of anilines is 2. The van der Waals surface area contributed by atoms with Crippen molar-refractivity contribution >= 4 is 17.3 Å². The van der Waals surface area contributed by atoms with Crippen LogP contribution in [-0.4, -0.2) is 30.8 Å². The zero-order valence-corrected chi connectivity index (χ0v) is 10.8. The van der Waals surface area contributed by atoms with Crippen LogP contribution in [0.4, 0.5) is 11.4 Å². The highest BCUT2D eigenvalue weighted by Crippen LogP contribution is 2.18. The van der Waals surface area contributed by atoms with Crippen LogP contribution in [0.25, 0.3) is 0 Å². The van der Waals surface area contributed by atoms with E-state index < -0.39 is 5.97 Å². The summed E-state index contributed by atoms with van der Waals surface area (Å²) in [5.74, 6) is -0.496. The fourth-order valence-corrected chi connectivity index (χ4v) is 1.47. The molecule has 5 nitrogen and oxygen atoms in total. The van der Waals surface area contributed by atoms with E-state index in [2.05, 4.69) is 19.2 Å². The zero-order chi connectivity index (χ0) is 13.5. The molecule has 0 amide bonds. The number of ether oxygens (including phenoxy) is 1. The molecule has 0 aliphatic carbocycles. The summed E-state index contributed by atoms with van der Waals surface area (Å²) in [4.78, 5) is 11.0. The van der Waals surface area contributed by atoms with Crippen molar-refractivity contribution < 1.29 is 14.6 Å². The summed E-state index contributed by atoms with van der Waals surface area (Å²) in [5, 5.41) is 12.1. The minimum absolute atomic E-state index is 0.179. The number of hydrogen-bond donors (Lipinski definition) is 3. The first-order valence-electron chi connectivity index (χ1n) is 5.95. The van der Waals surface area contributed by atoms with Gasteiger partial charge in [0.15, 0.2) is 0 Å². The molecule has 0 bridgehead atoms. The second-order valence-corrected chi connectivity index (χ2v) is 4.51. The van der Waals surface area contributed by atoms with E-state index in [1.54, 1.807) is 12.1 Å². The number of hydrogen-bond acceptors (Lipinski definition) is 4. The molecule has 0 unspecified atom stereocenters. The number of nitrogens with two attached hydrogens (primary N) is 1. The summed E-state index contributed by atoms with van der Waals surface area (Å²) in [6, 6.07) is 4.78. The Bertz CT molecular complexity index is 405. The van der Waals surface area contributed by atoms with Crippen LogP contribution in [0.1, 0.15) is 24.2 Å². The van der Waals surface area contributed by atoms with Gasteiger partial charge in [-0.3, -0.25) is 0 Å². The predicted molar refractivity (Wildman–Crippen MR) is 72.0 cm³/mol. The first-order chi connectivity index (χ1) is 8.50. The van der Waals surface area contributed by atoms with Crippen LogP contribution >= 0.6 is 0 Å². The highest BCUT2D eigenvalue weighted by atomic mass is 16.5. The van der Waals surface area contributed by atoms with E-state index in [1.165, 1.54) is 6.07 Å². The summed E-state index contributed by atoms with van der Waals surface area (Å²) in [6.07, 6.45) is 0. The second-order valence-electron chi connectivity index (χ2n) is 4.51. The van der Waals surface area contributed by atoms with Gasteiger partial charge in [0.25, 0.3) is 0 Å². The monoisotopic (exact) mass is 252 g/mol. The van der Waals surface area contributed by atoms with E-state index in [0.717, 1.165) is 0 Å². The standard InChI is InChI=1S/C13H20N2O3/c1-9(2)8-18-6-5-15-12-4-3-10(14)7-11(12)13(16)17/h3-4,7,9,15H,5-6,8,14H2,1-2H3,(H,16,17). The summed E-state index contributed by atoms with van der Waals surface area (Å²) in [6.45, 7) is 5.97. The molecule has 18 heavy (non-hydrogen) atoms. The Balaban J connectivity index is 2.49. The van der Waals surface area contributed by atoms with Crippen molar-refractivity contribution in [3.8, 4) is 0 Å². The summed E-state index contributed by atoms with van der Waals surface area (Å²) in [5.41, 5.74) is 6.74. The molecular weight excluding hydrogens is 232 g/mol. The van der Waals surface area contributed by atoms with Gasteiger partial charge < -0.3 is 20.9 Å². The van der Waals surface area contributed by atoms with Crippen molar-refractivity contribution in [2.45, 2.75) is 13.8 Å². The smallest absolute Gasteiger partial charge is 0.337 e. The van der Waals surface area contributed by atoms with Crippen LogP contribution in [0, 0.1) is 5.92 Å². The summed E-state index contributed by atoms with van der Waals surface area (Å²) >= 11 is 0. The van der Waals surface area contributed by atoms with Gasteiger partial charge in [-0.15, -0.1) is 0 Å². The molecule has 100 valence electrons. The number of nitrogen functional groups attached to an aromatic ring is 1. The Morgan fingerprint density at radius 3 is 2.83 bits per heavy atom. The van der Waals surface area contributed by atoms with Gasteiger partial charge in [-0.25, -0.2) is 4.79 Å². The Morgan fingerprint density at radius 1 is 1.50 bits per heavy atom. The number of benzene rings is 1. The highest BCUT2D eigenvalue weighted by Gasteiger charge is 2.09. The number of carboxylic acids is 1. The van der Waals surface area contributed by atoms with Crippen LogP contribution in [-0.2, 0) is 4.74 Å². The van der Waals surface area contributed by atoms with Crippen molar-refractivity contribution in [3.63, 3.8) is 0 Å². The van der Waals surface area contributed by atoms with Gasteiger partial charge in [0, 0.05) is 24.5 Å². The largest absolute Gasteiger partial charge is 0.478 e. The van der Waals surface area contributed by atoms with E-state index in [-0.39, 0.29) is 5.56 Å². The Morgan fingerprint density at radius 2 is 2.22 bits per heavy atom. The molecule has 0 radical (unpaired) electrons. The van der Waals surface area contributed by atoms with E-state index in [4.69, 9.17) is 15.6 Å². The van der Waals surface area contributed by atoms with Crippen LogP contribution < -0.4 is 11.1 Å². The average molecular weight is 252 g/mol. The molecule has 1 rings (SSSR count). The lowest BCUT2D eigenvalue weighted by Crippen LogP contribution is -2.14. The van der Waals surface area contributed by atoms with Crippen molar-refractivity contribution in [2.24, 2.45) is 5.92 Å². The maximum Gasteiger partial charge on any atom is 0.337 e. The molecule has 1 aromatic carbocycles. The van der Waals surface area contributed by atoms with Gasteiger partial charge in [-0.2, -0.15) is 0 Å². The average Bonchev–Trinajstić information content (AvgIpc) is 2.29. The molecule has 0 saturated carbocycles. The fraction of sp³-hybridized carbons (Fsp3) is 0.462. The van der Waals surface area contributed by atoms with Gasteiger partial charge in [-0.1, -0.05) is 13.8 Å². The fourth-order valence-electron chi connectivity index (χ4n) is 1.47. The number of aromatic carboxylic acids is 1. The molecule has 0 heterocycles. The highest BCUT2D eigenvalue weighted by molar-refractivity contribution is 5.95. The SMILES string of the molecule is CC(C)COCCNc1ccc(N)cc1C(=O)O. The lowest BCUT2D eigenvalue weighted by Gasteiger charge is -2.11. The Hall–Kier alpha value is -1.75. The van der Waals surface area contributed by atoms with Crippen LogP contribution in [0.5, 0.6) is 0 Å². The van der Waals surface area contributed by atoms with Crippen LogP contribution in [0.15, 0.2) is 18.2 Å². The molecule has 5 heteroatoms. The van der Waals surface area contributed by atoms with Crippen LogP contribution in [0.2, 0.25) is 0 Å². The number of rotatable bonds is 7. The first kappa shape index (κ1) is 14.3. The predicted octanol–water partition coefficient (Wildman–Crippen LogP) is 2.05. The van der Waals surface area contributed by atoms with E-state index >= 15 is 0 Å². The summed E-state index contributed by atoms with van der Waals surface area (Å²) in [7, 11) is 0. The van der Waals surface area contributed by atoms with E-state index in [1.807, 2.05) is 0 Å². The molecule has 1 aromatic rings. The third-order valence-corrected chi connectivity index (χ3v) is 2.29. The van der Waals surface area contributed by atoms with Gasteiger partial charge >= 0.3 is 5.97 Å². The van der Waals surface area contributed by atoms with Gasteiger partial charge in [0.2, 0.25) is 0 Å². The van der Waals surface area contributed by atoms with Crippen LogP contribution in [0.3, 0.4) is 0 Å². The van der Waals surface area contributed by atoms with Crippen molar-refractivity contribution in [1.29, 1.82) is 0 Å². The molecule has 4 N–H and O–H groups in total. The third-order valence-electron chi connectivity index (χ3n) is 2.29. The molecule has 0 spiro atoms. The number of carboxylic acid groups (broad SMARTS) is 1. The normalized spacial score (nSPS) is 10.6. The minimum Gasteiger partial charge on any atom is -0.478 e. The van der Waals surface area contributed by atoms with Gasteiger partial charge in [0.05, 0.1) is 12.2 Å². The second kappa shape index (κ2) is 6.86. The maximum absolute atomic E-state index is 11.0. The molecule has 0 aliphatic rings. The first-order valence-corrected chi connectivity index (χ1v) is 5.95. The van der Waals surface area contributed by atoms with Crippen molar-refractivity contribution in [1.82, 2.24) is 0 Å². The van der Waals surface area contributed by atoms with Gasteiger partial charge in [-0.05, 0) is 24.1 Å². The quantitative estimate of drug-likeness (QED) is 0.511. The maximum atomic E-state index is 11.0. The lowest BCUT2D eigenvalue weighted by atomic mass is 10.1. The summed E-state index contributed by atoms with van der Waals surface area (Å²) < 4.78 is 5.41. The van der Waals surface area contributed by atoms with E-state index in [9.17, 15) is 4.79 Å². The molecule has 0 atom stereocenters. The Labute approximate surface area is 107 Å². The Kier molecular flexibility index (Phi) is 5.45. The third kappa shape index (κ3) is 4.63. The molecule has 0 saturated heterocycles. The van der Waals surface area contributed by atoms with Gasteiger partial charge in [0.1, 0.15) is 0 Å². The minimum atomic E-state index is -0.993. The molecule has 0 aliphatic heterocycles. The number of carbonyl (C=O) groups is 1.